The number of ether oxygens (including phenoxy) is 1. The van der Waals surface area contributed by atoms with E-state index in [2.05, 4.69) is 26.2 Å². The number of benzene rings is 1. The highest BCUT2D eigenvalue weighted by Crippen LogP contribution is 2.42. The third-order valence-electron chi connectivity index (χ3n) is 4.93. The lowest BCUT2D eigenvalue weighted by molar-refractivity contribution is -0.129. The number of amides is 1. The Morgan fingerprint density at radius 2 is 1.94 bits per heavy atom. The molecule has 0 bridgehead atoms. The number of allylic oxidation sites excluding steroid dienone is 2. The molecule has 2 aliphatic rings. The summed E-state index contributed by atoms with van der Waals surface area (Å²) in [7, 11) is 1.49. The van der Waals surface area contributed by atoms with Crippen molar-refractivity contribution in [1.82, 2.24) is 9.88 Å². The third-order valence-corrected chi connectivity index (χ3v) is 4.93. The van der Waals surface area contributed by atoms with E-state index in [4.69, 9.17) is 5.73 Å². The van der Waals surface area contributed by atoms with Gasteiger partial charge in [0.25, 0.3) is 5.91 Å². The highest BCUT2D eigenvalue weighted by molar-refractivity contribution is 6.09. The Labute approximate surface area is 175 Å². The zero-order valence-electron chi connectivity index (χ0n) is 16.1. The van der Waals surface area contributed by atoms with Gasteiger partial charge in [0.15, 0.2) is 11.5 Å². The zero-order valence-corrected chi connectivity index (χ0v) is 16.1. The van der Waals surface area contributed by atoms with Gasteiger partial charge in [-0.25, -0.2) is 9.98 Å². The smallest absolute Gasteiger partial charge is 0.387 e. The highest BCUT2D eigenvalue weighted by Gasteiger charge is 2.50. The molecule has 0 spiro atoms. The Morgan fingerprint density at radius 1 is 1.19 bits per heavy atom. The van der Waals surface area contributed by atoms with Gasteiger partial charge in [-0.3, -0.25) is 9.69 Å². The Morgan fingerprint density at radius 3 is 2.52 bits per heavy atom. The molecule has 31 heavy (non-hydrogen) atoms. The molecule has 0 saturated carbocycles. The molecule has 1 aromatic heterocycles. The van der Waals surface area contributed by atoms with E-state index in [-0.39, 0.29) is 11.7 Å². The molecule has 1 unspecified atom stereocenters. The number of alkyl halides is 2. The van der Waals surface area contributed by atoms with Crippen molar-refractivity contribution in [2.24, 2.45) is 10.7 Å². The van der Waals surface area contributed by atoms with Crippen LogP contribution in [0, 0.1) is 5.95 Å². The second kappa shape index (κ2) is 7.65. The number of carbonyl (C=O) groups excluding carboxylic acids is 1. The van der Waals surface area contributed by atoms with Gasteiger partial charge in [0.1, 0.15) is 5.75 Å². The van der Waals surface area contributed by atoms with Gasteiger partial charge in [0.05, 0.1) is 0 Å². The van der Waals surface area contributed by atoms with Gasteiger partial charge in [-0.2, -0.15) is 13.2 Å². The first-order valence-corrected chi connectivity index (χ1v) is 9.06. The van der Waals surface area contributed by atoms with Crippen LogP contribution in [0.1, 0.15) is 11.1 Å². The predicted molar refractivity (Wildman–Crippen MR) is 106 cm³/mol. The molecule has 1 aliphatic carbocycles. The van der Waals surface area contributed by atoms with Crippen molar-refractivity contribution >= 4 is 17.4 Å². The van der Waals surface area contributed by atoms with Crippen LogP contribution in [0.3, 0.4) is 0 Å². The summed E-state index contributed by atoms with van der Waals surface area (Å²) in [5.41, 5.74) is 12.0. The summed E-state index contributed by atoms with van der Waals surface area (Å²) in [6.07, 6.45) is 4.53. The Balaban J connectivity index is 1.82. The van der Waals surface area contributed by atoms with E-state index >= 15 is 0 Å². The number of carbonyl (C=O) groups is 1. The van der Waals surface area contributed by atoms with E-state index in [9.17, 15) is 18.0 Å². The first-order chi connectivity index (χ1) is 14.8. The second-order valence-electron chi connectivity index (χ2n) is 6.74. The summed E-state index contributed by atoms with van der Waals surface area (Å²) < 4.78 is 42.6. The van der Waals surface area contributed by atoms with Gasteiger partial charge < -0.3 is 10.5 Å². The lowest BCUT2D eigenvalue weighted by Gasteiger charge is -2.27. The van der Waals surface area contributed by atoms with Crippen LogP contribution >= 0.6 is 0 Å². The number of pyridine rings is 1. The van der Waals surface area contributed by atoms with Crippen molar-refractivity contribution in [2.75, 3.05) is 7.05 Å². The minimum Gasteiger partial charge on any atom is -0.435 e. The number of rotatable bonds is 5. The third kappa shape index (κ3) is 3.53. The molecule has 0 radical (unpaired) electrons. The fourth-order valence-corrected chi connectivity index (χ4v) is 3.39. The van der Waals surface area contributed by atoms with E-state index < -0.39 is 24.0 Å². The number of halogens is 3. The number of nitrogens with two attached hydrogens (primary N) is 1. The maximum absolute atomic E-state index is 13.3. The number of aromatic nitrogens is 1. The van der Waals surface area contributed by atoms with Gasteiger partial charge in [-0.1, -0.05) is 23.6 Å². The molecule has 2 aromatic rings. The Hall–Kier alpha value is -4.06. The number of nitrogens with zero attached hydrogens (tertiary/aromatic N) is 3. The number of hydrogen-bond donors (Lipinski definition) is 1. The summed E-state index contributed by atoms with van der Waals surface area (Å²) in [6.45, 7) is -2.97. The first kappa shape index (κ1) is 20.2. The second-order valence-corrected chi connectivity index (χ2v) is 6.74. The molecule has 0 fully saturated rings. The van der Waals surface area contributed by atoms with Crippen LogP contribution in [0.2, 0.25) is 0 Å². The van der Waals surface area contributed by atoms with Crippen LogP contribution in [-0.4, -0.2) is 35.4 Å². The van der Waals surface area contributed by atoms with Crippen molar-refractivity contribution in [2.45, 2.75) is 12.2 Å². The molecule has 0 saturated heterocycles. The average molecular weight is 424 g/mol. The topological polar surface area (TPSA) is 80.8 Å². The Kier molecular flexibility index (Phi) is 4.99. The molecule has 9 heteroatoms. The summed E-state index contributed by atoms with van der Waals surface area (Å²) in [5, 5.41) is 0. The van der Waals surface area contributed by atoms with E-state index in [0.29, 0.717) is 22.3 Å². The first-order valence-electron chi connectivity index (χ1n) is 9.06. The predicted octanol–water partition coefficient (Wildman–Crippen LogP) is 3.14. The van der Waals surface area contributed by atoms with Crippen LogP contribution in [0.15, 0.2) is 76.8 Å². The molecule has 1 aliphatic heterocycles. The van der Waals surface area contributed by atoms with E-state index in [1.807, 2.05) is 0 Å². The van der Waals surface area contributed by atoms with Gasteiger partial charge >= 0.3 is 6.61 Å². The summed E-state index contributed by atoms with van der Waals surface area (Å²) in [4.78, 5) is 22.6. The van der Waals surface area contributed by atoms with Gasteiger partial charge in [-0.05, 0) is 42.0 Å². The molecule has 1 aromatic carbocycles. The fraction of sp³-hybridized carbons (Fsp3) is 0.136. The summed E-state index contributed by atoms with van der Waals surface area (Å²) in [5.74, 6) is -1.13. The maximum Gasteiger partial charge on any atom is 0.387 e. The minimum atomic E-state index is -2.97. The van der Waals surface area contributed by atoms with Crippen molar-refractivity contribution in [3.05, 3.63) is 88.9 Å². The standard InChI is InChI=1S/C22H15F3N4O2/c1-29-19(30)22(28-21(29)26,15-6-8-17(9-7-15)31-20(24)25)16-4-2-3-13(11-16)14-5-10-18(23)27-12-14/h4-12,20H,1H3,(H2,26,28). The van der Waals surface area contributed by atoms with E-state index in [1.54, 1.807) is 6.08 Å². The van der Waals surface area contributed by atoms with Crippen LogP contribution in [0.4, 0.5) is 13.2 Å². The molecule has 2 N–H and O–H groups in total. The summed E-state index contributed by atoms with van der Waals surface area (Å²) in [6, 6.07) is 8.32. The van der Waals surface area contributed by atoms with Crippen molar-refractivity contribution in [3.63, 3.8) is 0 Å². The molecular formula is C22H15F3N4O2. The molecule has 4 rings (SSSR count). The van der Waals surface area contributed by atoms with Crippen LogP contribution in [-0.2, 0) is 10.3 Å². The number of hydrogen-bond acceptors (Lipinski definition) is 5. The van der Waals surface area contributed by atoms with Crippen molar-refractivity contribution < 1.29 is 22.7 Å². The maximum atomic E-state index is 13.3. The van der Waals surface area contributed by atoms with Crippen LogP contribution in [0.25, 0.3) is 5.57 Å². The number of guanidine groups is 1. The SMILES string of the molecule is CN1C(=O)C(C2=CC(c3ccc(F)nc3)=C=C=C2)(c2ccc(OC(F)F)cc2)N=C1N. The summed E-state index contributed by atoms with van der Waals surface area (Å²) >= 11 is 0. The molecule has 6 nitrogen and oxygen atoms in total. The van der Waals surface area contributed by atoms with Crippen molar-refractivity contribution in [3.8, 4) is 5.75 Å². The fourth-order valence-electron chi connectivity index (χ4n) is 3.39. The number of aliphatic imine (C=N–C) groups is 1. The minimum absolute atomic E-state index is 0.00395. The van der Waals surface area contributed by atoms with Crippen LogP contribution < -0.4 is 10.5 Å². The van der Waals surface area contributed by atoms with E-state index in [1.165, 1.54) is 60.6 Å². The molecule has 2 heterocycles. The lowest BCUT2D eigenvalue weighted by Crippen LogP contribution is -2.41. The molecule has 156 valence electrons. The quantitative estimate of drug-likeness (QED) is 0.591. The Bertz CT molecular complexity index is 1210. The van der Waals surface area contributed by atoms with Gasteiger partial charge in [0.2, 0.25) is 5.95 Å². The normalized spacial score (nSPS) is 20.1. The number of likely N-dealkylation sites (N-methyl/N-ethyl adjacent to an activating group) is 1. The largest absolute Gasteiger partial charge is 0.435 e. The van der Waals surface area contributed by atoms with Crippen LogP contribution in [0.5, 0.6) is 5.75 Å². The highest BCUT2D eigenvalue weighted by atomic mass is 19.3. The molecule has 1 atom stereocenters. The monoisotopic (exact) mass is 424 g/mol. The van der Waals surface area contributed by atoms with Gasteiger partial charge in [-0.15, -0.1) is 0 Å². The van der Waals surface area contributed by atoms with E-state index in [0.717, 1.165) is 0 Å². The van der Waals surface area contributed by atoms with Gasteiger partial charge in [0, 0.05) is 30.0 Å². The average Bonchev–Trinajstić information content (AvgIpc) is 2.99. The molecule has 1 amide bonds. The zero-order chi connectivity index (χ0) is 22.2. The van der Waals surface area contributed by atoms with Crippen molar-refractivity contribution in [1.29, 1.82) is 0 Å². The molecular weight excluding hydrogens is 409 g/mol. The lowest BCUT2D eigenvalue weighted by atomic mass is 9.80.